The molecule has 0 N–H and O–H groups in total. The highest BCUT2D eigenvalue weighted by atomic mass is 79.9. The van der Waals surface area contributed by atoms with Gasteiger partial charge in [-0.05, 0) is 0 Å². The van der Waals surface area contributed by atoms with Crippen LogP contribution in [0, 0.1) is 0 Å². The molecule has 0 spiro atoms. The molecule has 0 radical (unpaired) electrons. The second kappa shape index (κ2) is 6.27. The van der Waals surface area contributed by atoms with Gasteiger partial charge in [0.1, 0.15) is 4.95 Å². The molecule has 1 aliphatic rings. The third-order valence-electron chi connectivity index (χ3n) is 1.69. The van der Waals surface area contributed by atoms with E-state index in [4.69, 9.17) is 0 Å². The number of hydrogen-bond acceptors (Lipinski definition) is 2. The van der Waals surface area contributed by atoms with Crippen LogP contribution in [-0.2, 0) is 0 Å². The average Bonchev–Trinajstić information content (AvgIpc) is 2.52. The molecule has 13 heavy (non-hydrogen) atoms. The molecule has 0 aliphatic carbocycles. The van der Waals surface area contributed by atoms with Crippen LogP contribution in [0.5, 0.6) is 0 Å². The van der Waals surface area contributed by atoms with Crippen molar-refractivity contribution in [2.75, 3.05) is 13.2 Å². The summed E-state index contributed by atoms with van der Waals surface area (Å²) in [5.74, 6) is 0. The molecule has 0 aromatic heterocycles. The first-order valence-electron chi connectivity index (χ1n) is 3.83. The molecule has 1 unspecified atom stereocenters. The van der Waals surface area contributed by atoms with Crippen LogP contribution in [0.4, 0.5) is 0 Å². The van der Waals surface area contributed by atoms with E-state index in [9.17, 15) is 0 Å². The highest BCUT2D eigenvalue weighted by Gasteiger charge is 2.14. The lowest BCUT2D eigenvalue weighted by molar-refractivity contribution is 0.290. The summed E-state index contributed by atoms with van der Waals surface area (Å²) in [6.45, 7) is 9.19. The lowest BCUT2D eigenvalue weighted by atomic mass is 10.5. The molecule has 1 aliphatic heterocycles. The summed E-state index contributed by atoms with van der Waals surface area (Å²) >= 11 is 3.49. The van der Waals surface area contributed by atoms with Crippen LogP contribution in [-0.4, -0.2) is 28.0 Å². The summed E-state index contributed by atoms with van der Waals surface area (Å²) in [6, 6.07) is 0. The first-order valence-corrected chi connectivity index (χ1v) is 4.75. The van der Waals surface area contributed by atoms with Crippen LogP contribution >= 0.6 is 32.9 Å². The Balaban J connectivity index is 0.00000144. The van der Waals surface area contributed by atoms with Gasteiger partial charge in [-0.2, -0.15) is 0 Å². The number of hydrogen-bond donors (Lipinski definition) is 0. The topological polar surface area (TPSA) is 6.48 Å². The van der Waals surface area contributed by atoms with Crippen molar-refractivity contribution >= 4 is 32.9 Å². The molecule has 0 saturated heterocycles. The zero-order valence-corrected chi connectivity index (χ0v) is 10.7. The molecule has 1 atom stereocenters. The Labute approximate surface area is 98.5 Å². The van der Waals surface area contributed by atoms with Crippen molar-refractivity contribution < 1.29 is 0 Å². The minimum Gasteiger partial charge on any atom is -0.355 e. The highest BCUT2D eigenvalue weighted by Crippen LogP contribution is 2.15. The minimum atomic E-state index is 0. The van der Waals surface area contributed by atoms with E-state index in [-0.39, 0.29) is 21.9 Å². The molecule has 0 aromatic rings. The maximum absolute atomic E-state index is 3.72. The Morgan fingerprint density at radius 2 is 2.15 bits per heavy atom. The molecule has 1 heterocycles. The number of nitrogens with zero attached hydrogens (tertiary/aromatic N) is 2. The molecule has 0 bridgehead atoms. The smallest absolute Gasteiger partial charge is 0.104 e. The molecule has 0 fully saturated rings. The molecule has 2 nitrogen and oxygen atoms in total. The van der Waals surface area contributed by atoms with Gasteiger partial charge in [-0.1, -0.05) is 28.1 Å². The Morgan fingerprint density at radius 1 is 1.46 bits per heavy atom. The van der Waals surface area contributed by atoms with Crippen molar-refractivity contribution in [3.8, 4) is 0 Å². The van der Waals surface area contributed by atoms with Gasteiger partial charge in [-0.25, -0.2) is 0 Å². The van der Waals surface area contributed by atoms with Gasteiger partial charge in [0.15, 0.2) is 0 Å². The first kappa shape index (κ1) is 12.8. The monoisotopic (exact) mass is 308 g/mol. The van der Waals surface area contributed by atoms with Gasteiger partial charge in [0.2, 0.25) is 0 Å². The number of alkyl halides is 1. The van der Waals surface area contributed by atoms with Gasteiger partial charge >= 0.3 is 0 Å². The molecular formula is C9H14Br2N2. The van der Waals surface area contributed by atoms with Crippen molar-refractivity contribution in [2.45, 2.75) is 4.95 Å². The maximum atomic E-state index is 3.72. The summed E-state index contributed by atoms with van der Waals surface area (Å²) in [5.41, 5.74) is 0. The van der Waals surface area contributed by atoms with E-state index in [1.807, 2.05) is 18.4 Å². The van der Waals surface area contributed by atoms with Crippen molar-refractivity contribution in [3.63, 3.8) is 0 Å². The first-order chi connectivity index (χ1) is 5.77. The van der Waals surface area contributed by atoms with Crippen LogP contribution in [0.25, 0.3) is 0 Å². The average molecular weight is 310 g/mol. The van der Waals surface area contributed by atoms with Gasteiger partial charge in [-0.15, -0.1) is 30.1 Å². The Morgan fingerprint density at radius 3 is 2.69 bits per heavy atom. The number of rotatable bonds is 4. The van der Waals surface area contributed by atoms with E-state index >= 15 is 0 Å². The lowest BCUT2D eigenvalue weighted by Crippen LogP contribution is -2.29. The number of halogens is 2. The molecule has 4 heteroatoms. The fraction of sp³-hybridized carbons (Fsp3) is 0.333. The van der Waals surface area contributed by atoms with Crippen LogP contribution in [0.1, 0.15) is 0 Å². The van der Waals surface area contributed by atoms with Crippen molar-refractivity contribution in [2.24, 2.45) is 0 Å². The predicted octanol–water partition coefficient (Wildman–Crippen LogP) is 2.70. The highest BCUT2D eigenvalue weighted by molar-refractivity contribution is 9.09. The van der Waals surface area contributed by atoms with E-state index in [0.29, 0.717) is 0 Å². The summed E-state index contributed by atoms with van der Waals surface area (Å²) in [6.07, 6.45) is 7.86. The largest absolute Gasteiger partial charge is 0.355 e. The second-order valence-corrected chi connectivity index (χ2v) is 3.56. The van der Waals surface area contributed by atoms with Crippen LogP contribution in [0.2, 0.25) is 0 Å². The van der Waals surface area contributed by atoms with E-state index in [0.717, 1.165) is 13.2 Å². The minimum absolute atomic E-state index is 0. The van der Waals surface area contributed by atoms with Gasteiger partial charge in [0, 0.05) is 18.9 Å². The Hall–Kier alpha value is -0.220. The van der Waals surface area contributed by atoms with Crippen LogP contribution in [0.3, 0.4) is 0 Å². The van der Waals surface area contributed by atoms with E-state index in [1.54, 1.807) is 0 Å². The van der Waals surface area contributed by atoms with Crippen molar-refractivity contribution in [1.29, 1.82) is 0 Å². The Kier molecular flexibility index (Phi) is 6.16. The molecular weight excluding hydrogens is 296 g/mol. The van der Waals surface area contributed by atoms with E-state index in [1.165, 1.54) is 0 Å². The fourth-order valence-electron chi connectivity index (χ4n) is 1.06. The Bertz CT molecular complexity index is 204. The van der Waals surface area contributed by atoms with Crippen LogP contribution < -0.4 is 0 Å². The molecule has 0 aromatic carbocycles. The zero-order valence-electron chi connectivity index (χ0n) is 7.40. The van der Waals surface area contributed by atoms with E-state index in [2.05, 4.69) is 45.1 Å². The van der Waals surface area contributed by atoms with E-state index < -0.39 is 0 Å². The van der Waals surface area contributed by atoms with Gasteiger partial charge < -0.3 is 9.80 Å². The third-order valence-corrected chi connectivity index (χ3v) is 2.59. The normalized spacial score (nSPS) is 16.7. The predicted molar refractivity (Wildman–Crippen MR) is 66.0 cm³/mol. The van der Waals surface area contributed by atoms with Crippen molar-refractivity contribution in [3.05, 3.63) is 37.7 Å². The van der Waals surface area contributed by atoms with Crippen LogP contribution in [0.15, 0.2) is 37.7 Å². The quantitative estimate of drug-likeness (QED) is 0.447. The van der Waals surface area contributed by atoms with Gasteiger partial charge in [0.05, 0.1) is 6.67 Å². The molecule has 0 saturated carbocycles. The fourth-order valence-corrected chi connectivity index (χ4v) is 1.33. The third kappa shape index (κ3) is 3.56. The summed E-state index contributed by atoms with van der Waals surface area (Å²) < 4.78 is 0. The second-order valence-electron chi connectivity index (χ2n) is 2.62. The summed E-state index contributed by atoms with van der Waals surface area (Å²) in [7, 11) is 0. The SMILES string of the molecule is Br.C=CCN1C=CN(C(Br)C=C)C1. The maximum Gasteiger partial charge on any atom is 0.104 e. The van der Waals surface area contributed by atoms with Crippen molar-refractivity contribution in [1.82, 2.24) is 9.80 Å². The zero-order chi connectivity index (χ0) is 8.97. The molecule has 1 rings (SSSR count). The molecule has 74 valence electrons. The molecule has 0 amide bonds. The van der Waals surface area contributed by atoms with Gasteiger partial charge in [-0.3, -0.25) is 0 Å². The summed E-state index contributed by atoms with van der Waals surface area (Å²) in [4.78, 5) is 4.55. The van der Waals surface area contributed by atoms with Gasteiger partial charge in [0.25, 0.3) is 0 Å². The summed E-state index contributed by atoms with van der Waals surface area (Å²) in [5, 5.41) is 0. The lowest BCUT2D eigenvalue weighted by Gasteiger charge is -2.22. The standard InChI is InChI=1S/C9H13BrN2.BrH/c1-3-5-11-6-7-12(8-11)9(10)4-2;/h3-4,6-7,9H,1-2,5,8H2;1H.